The molecule has 1 aromatic heterocycles. The number of hydrogen-bond acceptors (Lipinski definition) is 4. The van der Waals surface area contributed by atoms with Gasteiger partial charge in [0.15, 0.2) is 0 Å². The Kier molecular flexibility index (Phi) is 3.26. The lowest BCUT2D eigenvalue weighted by Gasteiger charge is -2.37. The molecule has 2 N–H and O–H groups in total. The van der Waals surface area contributed by atoms with Crippen LogP contribution in [0.15, 0.2) is 23.0 Å². The van der Waals surface area contributed by atoms with E-state index < -0.39 is 12.0 Å². The highest BCUT2D eigenvalue weighted by atomic mass is 16.4. The largest absolute Gasteiger partial charge is 0.480 e. The van der Waals surface area contributed by atoms with Crippen LogP contribution >= 0.6 is 0 Å². The van der Waals surface area contributed by atoms with Gasteiger partial charge in [0.05, 0.1) is 12.5 Å². The van der Waals surface area contributed by atoms with Crippen molar-refractivity contribution >= 4 is 5.97 Å². The molecule has 1 aliphatic heterocycles. The van der Waals surface area contributed by atoms with E-state index in [1.165, 1.54) is 0 Å². The molecule has 0 aliphatic carbocycles. The third-order valence-electron chi connectivity index (χ3n) is 3.09. The lowest BCUT2D eigenvalue weighted by atomic mass is 10.1. The van der Waals surface area contributed by atoms with Crippen molar-refractivity contribution in [1.29, 1.82) is 0 Å². The Labute approximate surface area is 94.0 Å². The Bertz CT molecular complexity index is 350. The number of furan rings is 1. The highest BCUT2D eigenvalue weighted by molar-refractivity contribution is 5.74. The molecule has 2 heterocycles. The number of hydrogen-bond donors (Lipinski definition) is 2. The number of piperazine rings is 1. The van der Waals surface area contributed by atoms with Crippen LogP contribution in [0.25, 0.3) is 0 Å². The summed E-state index contributed by atoms with van der Waals surface area (Å²) in [5.41, 5.74) is 1.02. The van der Waals surface area contributed by atoms with Gasteiger partial charge < -0.3 is 14.8 Å². The van der Waals surface area contributed by atoms with E-state index in [1.54, 1.807) is 12.5 Å². The van der Waals surface area contributed by atoms with Gasteiger partial charge in [0.1, 0.15) is 6.04 Å². The SMILES string of the molecule is CC(c1ccoc1)N1CCNCC1C(=O)O. The molecule has 2 rings (SSSR count). The molecule has 5 heteroatoms. The van der Waals surface area contributed by atoms with Crippen LogP contribution in [0.2, 0.25) is 0 Å². The second-order valence-corrected chi connectivity index (χ2v) is 4.03. The predicted octanol–water partition coefficient (Wildman–Crippen LogP) is 0.699. The summed E-state index contributed by atoms with van der Waals surface area (Å²) in [6.45, 7) is 4.07. The molecule has 0 spiro atoms. The number of carboxylic acid groups (broad SMARTS) is 1. The molecule has 0 bridgehead atoms. The first-order valence-electron chi connectivity index (χ1n) is 5.41. The van der Waals surface area contributed by atoms with Crippen molar-refractivity contribution < 1.29 is 14.3 Å². The van der Waals surface area contributed by atoms with E-state index in [2.05, 4.69) is 5.32 Å². The molecule has 1 fully saturated rings. The highest BCUT2D eigenvalue weighted by Gasteiger charge is 2.32. The first-order chi connectivity index (χ1) is 7.70. The van der Waals surface area contributed by atoms with Gasteiger partial charge in [-0.3, -0.25) is 9.69 Å². The maximum Gasteiger partial charge on any atom is 0.322 e. The zero-order valence-electron chi connectivity index (χ0n) is 9.22. The second kappa shape index (κ2) is 4.67. The summed E-state index contributed by atoms with van der Waals surface area (Å²) >= 11 is 0. The molecule has 0 radical (unpaired) electrons. The Balaban J connectivity index is 2.14. The summed E-state index contributed by atoms with van der Waals surface area (Å²) < 4.78 is 5.03. The second-order valence-electron chi connectivity index (χ2n) is 4.03. The van der Waals surface area contributed by atoms with E-state index in [-0.39, 0.29) is 6.04 Å². The van der Waals surface area contributed by atoms with Gasteiger partial charge in [-0.15, -0.1) is 0 Å². The maximum absolute atomic E-state index is 11.1. The molecule has 16 heavy (non-hydrogen) atoms. The molecular weight excluding hydrogens is 208 g/mol. The van der Waals surface area contributed by atoms with Crippen molar-refractivity contribution in [2.24, 2.45) is 0 Å². The minimum atomic E-state index is -0.775. The smallest absolute Gasteiger partial charge is 0.322 e. The van der Waals surface area contributed by atoms with Gasteiger partial charge in [0.25, 0.3) is 0 Å². The summed E-state index contributed by atoms with van der Waals surface area (Å²) in [6, 6.07) is 1.49. The summed E-state index contributed by atoms with van der Waals surface area (Å²) in [7, 11) is 0. The van der Waals surface area contributed by atoms with Gasteiger partial charge in [-0.05, 0) is 13.0 Å². The summed E-state index contributed by atoms with van der Waals surface area (Å²) in [6.07, 6.45) is 3.29. The maximum atomic E-state index is 11.1. The summed E-state index contributed by atoms with van der Waals surface area (Å²) in [5, 5.41) is 12.3. The number of nitrogens with zero attached hydrogens (tertiary/aromatic N) is 1. The third-order valence-corrected chi connectivity index (χ3v) is 3.09. The minimum Gasteiger partial charge on any atom is -0.480 e. The molecular formula is C11H16N2O3. The molecule has 2 atom stereocenters. The first-order valence-corrected chi connectivity index (χ1v) is 5.41. The fourth-order valence-corrected chi connectivity index (χ4v) is 2.12. The quantitative estimate of drug-likeness (QED) is 0.791. The van der Waals surface area contributed by atoms with Crippen LogP contribution in [-0.2, 0) is 4.79 Å². The summed E-state index contributed by atoms with van der Waals surface area (Å²) in [4.78, 5) is 13.1. The molecule has 2 unspecified atom stereocenters. The number of aliphatic carboxylic acids is 1. The Morgan fingerprint density at radius 1 is 1.75 bits per heavy atom. The highest BCUT2D eigenvalue weighted by Crippen LogP contribution is 2.23. The van der Waals surface area contributed by atoms with Gasteiger partial charge in [0.2, 0.25) is 0 Å². The van der Waals surface area contributed by atoms with Crippen molar-refractivity contribution in [3.63, 3.8) is 0 Å². The van der Waals surface area contributed by atoms with Crippen molar-refractivity contribution in [2.45, 2.75) is 19.0 Å². The molecule has 1 saturated heterocycles. The molecule has 1 aliphatic rings. The van der Waals surface area contributed by atoms with Crippen LogP contribution in [0.3, 0.4) is 0 Å². The third kappa shape index (κ3) is 2.10. The topological polar surface area (TPSA) is 65.7 Å². The average Bonchev–Trinajstić information content (AvgIpc) is 2.81. The molecule has 5 nitrogen and oxygen atoms in total. The monoisotopic (exact) mass is 224 g/mol. The molecule has 1 aromatic rings. The fraction of sp³-hybridized carbons (Fsp3) is 0.545. The zero-order valence-corrected chi connectivity index (χ0v) is 9.22. The van der Waals surface area contributed by atoms with E-state index in [0.717, 1.165) is 18.7 Å². The average molecular weight is 224 g/mol. The molecule has 0 saturated carbocycles. The van der Waals surface area contributed by atoms with Gasteiger partial charge in [-0.2, -0.15) is 0 Å². The van der Waals surface area contributed by atoms with Crippen LogP contribution < -0.4 is 5.32 Å². The van der Waals surface area contributed by atoms with Crippen LogP contribution in [0.5, 0.6) is 0 Å². The van der Waals surface area contributed by atoms with E-state index in [1.807, 2.05) is 17.9 Å². The van der Waals surface area contributed by atoms with Crippen molar-refractivity contribution in [2.75, 3.05) is 19.6 Å². The summed E-state index contributed by atoms with van der Waals surface area (Å²) in [5.74, 6) is -0.775. The van der Waals surface area contributed by atoms with Gasteiger partial charge in [-0.25, -0.2) is 0 Å². The Hall–Kier alpha value is -1.33. The van der Waals surface area contributed by atoms with Crippen LogP contribution in [0.1, 0.15) is 18.5 Å². The van der Waals surface area contributed by atoms with Crippen LogP contribution in [-0.4, -0.2) is 41.7 Å². The number of rotatable bonds is 3. The van der Waals surface area contributed by atoms with E-state index in [4.69, 9.17) is 9.52 Å². The van der Waals surface area contributed by atoms with Crippen LogP contribution in [0, 0.1) is 0 Å². The molecule has 0 amide bonds. The van der Waals surface area contributed by atoms with Gasteiger partial charge in [-0.1, -0.05) is 0 Å². The van der Waals surface area contributed by atoms with E-state index in [0.29, 0.717) is 6.54 Å². The lowest BCUT2D eigenvalue weighted by Crippen LogP contribution is -2.55. The first kappa shape index (κ1) is 11.2. The normalized spacial score (nSPS) is 24.2. The Morgan fingerprint density at radius 3 is 3.19 bits per heavy atom. The minimum absolute atomic E-state index is 0.0713. The van der Waals surface area contributed by atoms with Crippen molar-refractivity contribution in [1.82, 2.24) is 10.2 Å². The molecule has 88 valence electrons. The van der Waals surface area contributed by atoms with E-state index >= 15 is 0 Å². The molecule has 0 aromatic carbocycles. The Morgan fingerprint density at radius 2 is 2.56 bits per heavy atom. The van der Waals surface area contributed by atoms with E-state index in [9.17, 15) is 4.79 Å². The van der Waals surface area contributed by atoms with Crippen LogP contribution in [0.4, 0.5) is 0 Å². The predicted molar refractivity (Wildman–Crippen MR) is 58.1 cm³/mol. The number of carbonyl (C=O) groups is 1. The number of nitrogens with one attached hydrogen (secondary N) is 1. The number of carboxylic acids is 1. The fourth-order valence-electron chi connectivity index (χ4n) is 2.12. The standard InChI is InChI=1S/C11H16N2O3/c1-8(9-2-5-16-7-9)13-4-3-12-6-10(13)11(14)15/h2,5,7-8,10,12H,3-4,6H2,1H3,(H,14,15). The zero-order chi connectivity index (χ0) is 11.5. The lowest BCUT2D eigenvalue weighted by molar-refractivity contribution is -0.145. The van der Waals surface area contributed by atoms with Crippen molar-refractivity contribution in [3.8, 4) is 0 Å². The van der Waals surface area contributed by atoms with Gasteiger partial charge in [0, 0.05) is 31.2 Å². The van der Waals surface area contributed by atoms with Gasteiger partial charge >= 0.3 is 5.97 Å². The van der Waals surface area contributed by atoms with Crippen molar-refractivity contribution in [3.05, 3.63) is 24.2 Å².